The molecule has 0 aromatic carbocycles. The van der Waals surface area contributed by atoms with Gasteiger partial charge in [0, 0.05) is 32.0 Å². The Labute approximate surface area is 71.1 Å². The van der Waals surface area contributed by atoms with Crippen molar-refractivity contribution in [1.82, 2.24) is 4.90 Å². The fraction of sp³-hybridized carbons (Fsp3) is 0.875. The SMILES string of the molecule is O=C(C1CCO1)N1CC(CO)C1. The van der Waals surface area contributed by atoms with Crippen molar-refractivity contribution in [2.45, 2.75) is 12.5 Å². The molecular weight excluding hydrogens is 158 g/mol. The number of carbonyl (C=O) groups is 1. The average molecular weight is 171 g/mol. The van der Waals surface area contributed by atoms with Gasteiger partial charge in [-0.3, -0.25) is 4.79 Å². The number of hydrogen-bond donors (Lipinski definition) is 1. The van der Waals surface area contributed by atoms with Crippen molar-refractivity contribution in [3.8, 4) is 0 Å². The van der Waals surface area contributed by atoms with Crippen LogP contribution in [0.25, 0.3) is 0 Å². The van der Waals surface area contributed by atoms with E-state index in [1.54, 1.807) is 4.90 Å². The molecule has 4 heteroatoms. The molecular formula is C8H13NO3. The van der Waals surface area contributed by atoms with Crippen molar-refractivity contribution in [2.24, 2.45) is 5.92 Å². The standard InChI is InChI=1S/C8H13NO3/c10-5-6-3-9(4-6)8(11)7-1-2-12-7/h6-7,10H,1-5H2. The van der Waals surface area contributed by atoms with E-state index in [9.17, 15) is 4.79 Å². The number of likely N-dealkylation sites (tertiary alicyclic amines) is 1. The Kier molecular flexibility index (Phi) is 2.02. The normalized spacial score (nSPS) is 29.4. The van der Waals surface area contributed by atoms with Gasteiger partial charge in [-0.05, 0) is 0 Å². The van der Waals surface area contributed by atoms with Gasteiger partial charge >= 0.3 is 0 Å². The molecule has 0 radical (unpaired) electrons. The number of rotatable bonds is 2. The van der Waals surface area contributed by atoms with Crippen LogP contribution < -0.4 is 0 Å². The minimum atomic E-state index is -0.176. The molecule has 2 fully saturated rings. The summed E-state index contributed by atoms with van der Waals surface area (Å²) in [6, 6.07) is 0. The van der Waals surface area contributed by atoms with Gasteiger partial charge in [0.05, 0.1) is 6.61 Å². The lowest BCUT2D eigenvalue weighted by atomic mass is 9.99. The van der Waals surface area contributed by atoms with Gasteiger partial charge < -0.3 is 14.7 Å². The topological polar surface area (TPSA) is 49.8 Å². The second-order valence-electron chi connectivity index (χ2n) is 3.44. The van der Waals surface area contributed by atoms with Crippen molar-refractivity contribution >= 4 is 5.91 Å². The quantitative estimate of drug-likeness (QED) is 0.593. The van der Waals surface area contributed by atoms with Crippen LogP contribution >= 0.6 is 0 Å². The highest BCUT2D eigenvalue weighted by Crippen LogP contribution is 2.20. The second-order valence-corrected chi connectivity index (χ2v) is 3.44. The molecule has 2 aliphatic rings. The smallest absolute Gasteiger partial charge is 0.251 e. The maximum absolute atomic E-state index is 11.4. The molecule has 0 aliphatic carbocycles. The van der Waals surface area contributed by atoms with E-state index in [0.29, 0.717) is 25.6 Å². The van der Waals surface area contributed by atoms with E-state index >= 15 is 0 Å². The number of carbonyl (C=O) groups excluding carboxylic acids is 1. The summed E-state index contributed by atoms with van der Waals surface area (Å²) in [5.41, 5.74) is 0. The Hall–Kier alpha value is -0.610. The third-order valence-corrected chi connectivity index (χ3v) is 2.50. The van der Waals surface area contributed by atoms with Crippen LogP contribution in [-0.4, -0.2) is 48.3 Å². The number of nitrogens with zero attached hydrogens (tertiary/aromatic N) is 1. The molecule has 1 N–H and O–H groups in total. The zero-order chi connectivity index (χ0) is 8.55. The Morgan fingerprint density at radius 2 is 2.25 bits per heavy atom. The Morgan fingerprint density at radius 3 is 2.67 bits per heavy atom. The van der Waals surface area contributed by atoms with Gasteiger partial charge in [-0.1, -0.05) is 0 Å². The molecule has 68 valence electrons. The van der Waals surface area contributed by atoms with Gasteiger partial charge in [0.2, 0.25) is 0 Å². The van der Waals surface area contributed by atoms with Crippen molar-refractivity contribution in [3.05, 3.63) is 0 Å². The number of ether oxygens (including phenoxy) is 1. The summed E-state index contributed by atoms with van der Waals surface area (Å²) >= 11 is 0. The van der Waals surface area contributed by atoms with E-state index in [4.69, 9.17) is 9.84 Å². The largest absolute Gasteiger partial charge is 0.396 e. The molecule has 1 atom stereocenters. The van der Waals surface area contributed by atoms with Gasteiger partial charge in [-0.25, -0.2) is 0 Å². The van der Waals surface area contributed by atoms with Gasteiger partial charge in [0.15, 0.2) is 0 Å². The molecule has 0 aromatic heterocycles. The highest BCUT2D eigenvalue weighted by molar-refractivity contribution is 5.82. The monoisotopic (exact) mass is 171 g/mol. The first-order valence-corrected chi connectivity index (χ1v) is 4.32. The molecule has 4 nitrogen and oxygen atoms in total. The van der Waals surface area contributed by atoms with E-state index in [2.05, 4.69) is 0 Å². The van der Waals surface area contributed by atoms with Crippen LogP contribution in [0.3, 0.4) is 0 Å². The van der Waals surface area contributed by atoms with Gasteiger partial charge in [0.1, 0.15) is 6.10 Å². The summed E-state index contributed by atoms with van der Waals surface area (Å²) in [6.07, 6.45) is 0.684. The van der Waals surface area contributed by atoms with Crippen LogP contribution in [0.1, 0.15) is 6.42 Å². The Morgan fingerprint density at radius 1 is 1.58 bits per heavy atom. The van der Waals surface area contributed by atoms with E-state index in [1.807, 2.05) is 0 Å². The molecule has 2 saturated heterocycles. The Balaban J connectivity index is 1.76. The molecule has 0 bridgehead atoms. The lowest BCUT2D eigenvalue weighted by molar-refractivity contribution is -0.163. The van der Waals surface area contributed by atoms with Crippen molar-refractivity contribution in [3.63, 3.8) is 0 Å². The lowest BCUT2D eigenvalue weighted by Gasteiger charge is -2.41. The molecule has 2 aliphatic heterocycles. The van der Waals surface area contributed by atoms with Crippen LogP contribution in [0.5, 0.6) is 0 Å². The molecule has 2 heterocycles. The fourth-order valence-electron chi connectivity index (χ4n) is 1.50. The molecule has 1 amide bonds. The molecule has 0 spiro atoms. The summed E-state index contributed by atoms with van der Waals surface area (Å²) in [7, 11) is 0. The maximum atomic E-state index is 11.4. The van der Waals surface area contributed by atoms with Crippen LogP contribution in [0, 0.1) is 5.92 Å². The lowest BCUT2D eigenvalue weighted by Crippen LogP contribution is -2.56. The first-order valence-electron chi connectivity index (χ1n) is 4.32. The van der Waals surface area contributed by atoms with Crippen molar-refractivity contribution in [2.75, 3.05) is 26.3 Å². The first kappa shape index (κ1) is 8.01. The number of aliphatic hydroxyl groups excluding tert-OH is 1. The van der Waals surface area contributed by atoms with Gasteiger partial charge in [-0.15, -0.1) is 0 Å². The highest BCUT2D eigenvalue weighted by Gasteiger charge is 2.36. The van der Waals surface area contributed by atoms with E-state index in [-0.39, 0.29) is 18.6 Å². The summed E-state index contributed by atoms with van der Waals surface area (Å²) in [4.78, 5) is 13.1. The molecule has 0 saturated carbocycles. The minimum absolute atomic E-state index is 0.103. The predicted molar refractivity (Wildman–Crippen MR) is 41.5 cm³/mol. The third kappa shape index (κ3) is 1.21. The number of aliphatic hydroxyl groups is 1. The average Bonchev–Trinajstić information content (AvgIpc) is 1.80. The molecule has 2 rings (SSSR count). The highest BCUT2D eigenvalue weighted by atomic mass is 16.5. The van der Waals surface area contributed by atoms with Crippen molar-refractivity contribution < 1.29 is 14.6 Å². The fourth-order valence-corrected chi connectivity index (χ4v) is 1.50. The van der Waals surface area contributed by atoms with Crippen LogP contribution in [0.4, 0.5) is 0 Å². The van der Waals surface area contributed by atoms with E-state index in [0.717, 1.165) is 6.42 Å². The summed E-state index contributed by atoms with van der Waals surface area (Å²) in [5, 5.41) is 8.73. The second kappa shape index (κ2) is 3.03. The van der Waals surface area contributed by atoms with Crippen LogP contribution in [-0.2, 0) is 9.53 Å². The van der Waals surface area contributed by atoms with E-state index < -0.39 is 0 Å². The van der Waals surface area contributed by atoms with Crippen LogP contribution in [0.15, 0.2) is 0 Å². The van der Waals surface area contributed by atoms with Gasteiger partial charge in [-0.2, -0.15) is 0 Å². The Bertz CT molecular complexity index is 185. The summed E-state index contributed by atoms with van der Waals surface area (Å²) in [5.74, 6) is 0.403. The molecule has 12 heavy (non-hydrogen) atoms. The predicted octanol–water partition coefficient (Wildman–Crippen LogP) is -0.774. The third-order valence-electron chi connectivity index (χ3n) is 2.50. The van der Waals surface area contributed by atoms with Crippen molar-refractivity contribution in [1.29, 1.82) is 0 Å². The van der Waals surface area contributed by atoms with Crippen LogP contribution in [0.2, 0.25) is 0 Å². The zero-order valence-electron chi connectivity index (χ0n) is 6.90. The first-order chi connectivity index (χ1) is 5.81. The maximum Gasteiger partial charge on any atom is 0.251 e. The molecule has 1 unspecified atom stereocenters. The minimum Gasteiger partial charge on any atom is -0.396 e. The van der Waals surface area contributed by atoms with E-state index in [1.165, 1.54) is 0 Å². The number of amides is 1. The summed E-state index contributed by atoms with van der Waals surface area (Å²) in [6.45, 7) is 2.31. The summed E-state index contributed by atoms with van der Waals surface area (Å²) < 4.78 is 5.06. The van der Waals surface area contributed by atoms with Gasteiger partial charge in [0.25, 0.3) is 5.91 Å². The zero-order valence-corrected chi connectivity index (χ0v) is 6.90. The number of hydrogen-bond acceptors (Lipinski definition) is 3. The molecule has 0 aromatic rings.